The minimum absolute atomic E-state index is 0.00599. The molecule has 5 rings (SSSR count). The van der Waals surface area contributed by atoms with Crippen LogP contribution >= 0.6 is 12.2 Å². The van der Waals surface area contributed by atoms with E-state index in [-0.39, 0.29) is 36.7 Å². The Bertz CT molecular complexity index is 1070. The van der Waals surface area contributed by atoms with Crippen LogP contribution < -0.4 is 9.64 Å². The van der Waals surface area contributed by atoms with Crippen LogP contribution in [0.3, 0.4) is 0 Å². The second-order valence-corrected chi connectivity index (χ2v) is 8.41. The summed E-state index contributed by atoms with van der Waals surface area (Å²) in [6.45, 7) is 3.09. The van der Waals surface area contributed by atoms with Crippen LogP contribution in [0, 0.1) is 5.92 Å². The van der Waals surface area contributed by atoms with Gasteiger partial charge in [-0.15, -0.1) is 0 Å². The largest absolute Gasteiger partial charge is 0.497 e. The average molecular weight is 469 g/mol. The third kappa shape index (κ3) is 4.18. The number of piperazine rings is 1. The lowest BCUT2D eigenvalue weighted by molar-refractivity contribution is -0.133. The highest BCUT2D eigenvalue weighted by Crippen LogP contribution is 2.31. The number of fused-ring (bicyclic) bond motifs is 2. The molecule has 0 bridgehead atoms. The number of nitrogens with zero attached hydrogens (tertiary/aromatic N) is 4. The van der Waals surface area contributed by atoms with Crippen molar-refractivity contribution < 1.29 is 23.8 Å². The molecule has 1 atom stereocenters. The molecule has 9 nitrogen and oxygen atoms in total. The molecule has 0 radical (unpaired) electrons. The van der Waals surface area contributed by atoms with E-state index >= 15 is 0 Å². The summed E-state index contributed by atoms with van der Waals surface area (Å²) in [6.07, 6.45) is 3.60. The maximum atomic E-state index is 13.0. The number of benzene rings is 1. The molecule has 3 heterocycles. The van der Waals surface area contributed by atoms with E-state index < -0.39 is 5.92 Å². The summed E-state index contributed by atoms with van der Waals surface area (Å²) in [5.41, 5.74) is 1.66. The van der Waals surface area contributed by atoms with Crippen LogP contribution in [0.25, 0.3) is 0 Å². The summed E-state index contributed by atoms with van der Waals surface area (Å²) < 4.78 is 16.0. The van der Waals surface area contributed by atoms with E-state index in [0.717, 1.165) is 24.5 Å². The Morgan fingerprint density at radius 2 is 1.88 bits per heavy atom. The quantitative estimate of drug-likeness (QED) is 0.609. The number of carbonyl (C=O) groups is 2. The zero-order valence-electron chi connectivity index (χ0n) is 18.2. The maximum Gasteiger partial charge on any atom is 0.241 e. The van der Waals surface area contributed by atoms with Crippen molar-refractivity contribution in [2.24, 2.45) is 10.9 Å². The van der Waals surface area contributed by atoms with Gasteiger partial charge in [0.25, 0.3) is 0 Å². The molecule has 0 spiro atoms. The van der Waals surface area contributed by atoms with Crippen LogP contribution in [-0.2, 0) is 19.1 Å². The number of ether oxygens (including phenoxy) is 3. The summed E-state index contributed by atoms with van der Waals surface area (Å²) in [6, 6.07) is 7.92. The molecule has 4 aliphatic rings. The number of allylic oxidation sites excluding steroid dienone is 1. The highest BCUT2D eigenvalue weighted by molar-refractivity contribution is 7.80. The van der Waals surface area contributed by atoms with Crippen molar-refractivity contribution in [3.8, 4) is 5.75 Å². The van der Waals surface area contributed by atoms with Gasteiger partial charge in [-0.3, -0.25) is 14.5 Å². The molecular formula is C23H24N4O5S. The van der Waals surface area contributed by atoms with Crippen molar-refractivity contribution in [3.63, 3.8) is 0 Å². The summed E-state index contributed by atoms with van der Waals surface area (Å²) in [7, 11) is 1.65. The number of rotatable bonds is 5. The molecule has 1 aromatic carbocycles. The summed E-state index contributed by atoms with van der Waals surface area (Å²) in [5, 5.41) is 0.177. The van der Waals surface area contributed by atoms with E-state index in [9.17, 15) is 9.59 Å². The van der Waals surface area contributed by atoms with Gasteiger partial charge in [-0.05, 0) is 42.6 Å². The number of carbonyl (C=O) groups excluding carboxylic acids is 2. The molecule has 3 aliphatic heterocycles. The minimum Gasteiger partial charge on any atom is -0.497 e. The van der Waals surface area contributed by atoms with Crippen molar-refractivity contribution in [1.82, 2.24) is 9.80 Å². The predicted molar refractivity (Wildman–Crippen MR) is 125 cm³/mol. The van der Waals surface area contributed by atoms with Crippen LogP contribution in [0.15, 0.2) is 52.9 Å². The number of amides is 2. The number of methoxy groups -OCH3 is 1. The Morgan fingerprint density at radius 1 is 1.15 bits per heavy atom. The molecular weight excluding hydrogens is 444 g/mol. The standard InChI is InChI=1S/C23H24N4O5S/c1-30-16-4-2-15(3-5-16)25-8-10-26(11-9-25)21(28)6-7-27-22(29)17-12-19-20(32-14-31-19)13-18(17)24-23(27)33/h2-5,12-13,17H,6-11,14H2,1H3. The molecule has 1 aliphatic carbocycles. The van der Waals surface area contributed by atoms with E-state index in [1.165, 1.54) is 4.90 Å². The second kappa shape index (κ2) is 8.86. The van der Waals surface area contributed by atoms with Crippen LogP contribution in [0.5, 0.6) is 5.75 Å². The van der Waals surface area contributed by atoms with E-state index in [1.807, 2.05) is 29.2 Å². The number of aliphatic imine (C=N–C) groups is 1. The van der Waals surface area contributed by atoms with Gasteiger partial charge < -0.3 is 24.0 Å². The SMILES string of the molecule is COc1ccc(N2CCN(C(=O)CCN3C(=O)C4C=C5OCOC5=CC4=NC3=S)CC2)cc1. The molecule has 1 unspecified atom stereocenters. The lowest BCUT2D eigenvalue weighted by atomic mass is 9.94. The molecule has 0 N–H and O–H groups in total. The van der Waals surface area contributed by atoms with Gasteiger partial charge in [0.05, 0.1) is 12.8 Å². The van der Waals surface area contributed by atoms with Gasteiger partial charge in [0.2, 0.25) is 23.7 Å². The fourth-order valence-electron chi connectivity index (χ4n) is 4.31. The summed E-state index contributed by atoms with van der Waals surface area (Å²) in [5.74, 6) is 1.18. The van der Waals surface area contributed by atoms with E-state index in [4.69, 9.17) is 26.4 Å². The fourth-order valence-corrected chi connectivity index (χ4v) is 4.60. The molecule has 2 fully saturated rings. The highest BCUT2D eigenvalue weighted by Gasteiger charge is 2.38. The van der Waals surface area contributed by atoms with Crippen molar-refractivity contribution in [2.75, 3.05) is 51.5 Å². The van der Waals surface area contributed by atoms with Crippen molar-refractivity contribution >= 4 is 40.5 Å². The minimum atomic E-state index is -0.569. The third-order valence-corrected chi connectivity index (χ3v) is 6.51. The number of anilines is 1. The molecule has 172 valence electrons. The molecule has 1 aromatic rings. The first-order chi connectivity index (χ1) is 16.0. The van der Waals surface area contributed by atoms with E-state index in [1.54, 1.807) is 19.3 Å². The van der Waals surface area contributed by atoms with Gasteiger partial charge in [0, 0.05) is 50.9 Å². The third-order valence-electron chi connectivity index (χ3n) is 6.19. The van der Waals surface area contributed by atoms with Crippen LogP contribution in [0.2, 0.25) is 0 Å². The Hall–Kier alpha value is -3.40. The zero-order valence-corrected chi connectivity index (χ0v) is 19.0. The zero-order chi connectivity index (χ0) is 22.9. The Labute approximate surface area is 196 Å². The van der Waals surface area contributed by atoms with Crippen LogP contribution in [0.4, 0.5) is 5.69 Å². The summed E-state index contributed by atoms with van der Waals surface area (Å²) >= 11 is 5.34. The number of hydrogen-bond donors (Lipinski definition) is 0. The van der Waals surface area contributed by atoms with Crippen LogP contribution in [0.1, 0.15) is 6.42 Å². The smallest absolute Gasteiger partial charge is 0.241 e. The average Bonchev–Trinajstić information content (AvgIpc) is 3.30. The molecule has 33 heavy (non-hydrogen) atoms. The van der Waals surface area contributed by atoms with Crippen molar-refractivity contribution in [3.05, 3.63) is 47.9 Å². The topological polar surface area (TPSA) is 83.9 Å². The second-order valence-electron chi connectivity index (χ2n) is 8.05. The number of thiocarbonyl (C=S) groups is 1. The first kappa shape index (κ1) is 21.4. The first-order valence-corrected chi connectivity index (χ1v) is 11.2. The van der Waals surface area contributed by atoms with Crippen LogP contribution in [-0.4, -0.2) is 79.1 Å². The van der Waals surface area contributed by atoms with Gasteiger partial charge in [-0.1, -0.05) is 0 Å². The molecule has 0 saturated carbocycles. The Morgan fingerprint density at radius 3 is 2.61 bits per heavy atom. The van der Waals surface area contributed by atoms with Gasteiger partial charge in [-0.25, -0.2) is 4.99 Å². The first-order valence-electron chi connectivity index (χ1n) is 10.8. The van der Waals surface area contributed by atoms with Gasteiger partial charge in [-0.2, -0.15) is 0 Å². The molecule has 0 aromatic heterocycles. The van der Waals surface area contributed by atoms with Gasteiger partial charge in [0.1, 0.15) is 11.7 Å². The fraction of sp³-hybridized carbons (Fsp3) is 0.391. The van der Waals surface area contributed by atoms with Gasteiger partial charge in [0.15, 0.2) is 11.5 Å². The predicted octanol–water partition coefficient (Wildman–Crippen LogP) is 1.70. The maximum absolute atomic E-state index is 13.0. The normalized spacial score (nSPS) is 21.9. The van der Waals surface area contributed by atoms with Gasteiger partial charge >= 0.3 is 0 Å². The molecule has 2 amide bonds. The lowest BCUT2D eigenvalue weighted by Crippen LogP contribution is -2.50. The molecule has 10 heteroatoms. The number of hydrogen-bond acceptors (Lipinski definition) is 7. The Kier molecular flexibility index (Phi) is 5.76. The van der Waals surface area contributed by atoms with Crippen molar-refractivity contribution in [2.45, 2.75) is 6.42 Å². The Balaban J connectivity index is 1.16. The van der Waals surface area contributed by atoms with Crippen molar-refractivity contribution in [1.29, 1.82) is 0 Å². The lowest BCUT2D eigenvalue weighted by Gasteiger charge is -2.36. The summed E-state index contributed by atoms with van der Waals surface area (Å²) in [4.78, 5) is 35.8. The molecule has 2 saturated heterocycles. The van der Waals surface area contributed by atoms with E-state index in [0.29, 0.717) is 30.3 Å². The van der Waals surface area contributed by atoms with E-state index in [2.05, 4.69) is 9.89 Å². The highest BCUT2D eigenvalue weighted by atomic mass is 32.1. The monoisotopic (exact) mass is 468 g/mol.